The molecule has 0 spiro atoms. The number of methoxy groups -OCH3 is 2. The molecule has 0 N–H and O–H groups in total. The van der Waals surface area contributed by atoms with E-state index in [0.717, 1.165) is 17.2 Å². The predicted octanol–water partition coefficient (Wildman–Crippen LogP) is 4.88. The molecule has 2 heterocycles. The summed E-state index contributed by atoms with van der Waals surface area (Å²) in [4.78, 5) is 9.18. The zero-order valence-electron chi connectivity index (χ0n) is 16.4. The zero-order valence-corrected chi connectivity index (χ0v) is 17.2. The summed E-state index contributed by atoms with van der Waals surface area (Å²) in [6, 6.07) is 13.0. The Labute approximate surface area is 172 Å². The van der Waals surface area contributed by atoms with Gasteiger partial charge >= 0.3 is 0 Å². The standard InChI is InChI=1S/C21H19ClN4O3/c1-12-19(23-13(2)26(12)17-8-6-5-7-16(17)22)21-24-20(25-29-21)15-11-14(27-3)9-10-18(15)28-4/h5-11H,1-4H3. The largest absolute Gasteiger partial charge is 0.497 e. The van der Waals surface area contributed by atoms with Crippen molar-refractivity contribution in [3.63, 3.8) is 0 Å². The molecular formula is C21H19ClN4O3. The summed E-state index contributed by atoms with van der Waals surface area (Å²) in [5, 5.41) is 4.75. The Morgan fingerprint density at radius 2 is 1.79 bits per heavy atom. The van der Waals surface area contributed by atoms with E-state index < -0.39 is 0 Å². The second kappa shape index (κ2) is 7.60. The van der Waals surface area contributed by atoms with Crippen molar-refractivity contribution >= 4 is 11.6 Å². The Morgan fingerprint density at radius 1 is 1.00 bits per heavy atom. The van der Waals surface area contributed by atoms with Gasteiger partial charge < -0.3 is 14.0 Å². The Hall–Kier alpha value is -3.32. The number of aromatic nitrogens is 4. The van der Waals surface area contributed by atoms with Gasteiger partial charge in [-0.2, -0.15) is 4.98 Å². The molecule has 0 amide bonds. The maximum absolute atomic E-state index is 6.38. The van der Waals surface area contributed by atoms with Gasteiger partial charge in [0.15, 0.2) is 0 Å². The molecule has 0 atom stereocenters. The number of hydrogen-bond acceptors (Lipinski definition) is 6. The van der Waals surface area contributed by atoms with Crippen LogP contribution in [0.3, 0.4) is 0 Å². The summed E-state index contributed by atoms with van der Waals surface area (Å²) < 4.78 is 18.2. The van der Waals surface area contributed by atoms with Crippen LogP contribution >= 0.6 is 11.6 Å². The summed E-state index contributed by atoms with van der Waals surface area (Å²) in [7, 11) is 3.19. The van der Waals surface area contributed by atoms with Crippen molar-refractivity contribution in [3.05, 3.63) is 59.0 Å². The molecule has 2 aromatic heterocycles. The summed E-state index contributed by atoms with van der Waals surface area (Å²) in [6.45, 7) is 3.84. The molecular weight excluding hydrogens is 392 g/mol. The van der Waals surface area contributed by atoms with Crippen molar-refractivity contribution in [2.24, 2.45) is 0 Å². The minimum absolute atomic E-state index is 0.316. The fourth-order valence-corrected chi connectivity index (χ4v) is 3.47. The van der Waals surface area contributed by atoms with Gasteiger partial charge in [-0.15, -0.1) is 0 Å². The van der Waals surface area contributed by atoms with Crippen molar-refractivity contribution in [3.8, 4) is 40.2 Å². The minimum Gasteiger partial charge on any atom is -0.497 e. The summed E-state index contributed by atoms with van der Waals surface area (Å²) >= 11 is 6.38. The predicted molar refractivity (Wildman–Crippen MR) is 110 cm³/mol. The number of halogens is 1. The highest BCUT2D eigenvalue weighted by molar-refractivity contribution is 6.32. The normalized spacial score (nSPS) is 10.9. The van der Waals surface area contributed by atoms with Crippen LogP contribution in [-0.2, 0) is 0 Å². The molecule has 0 aliphatic rings. The first-order valence-corrected chi connectivity index (χ1v) is 9.28. The zero-order chi connectivity index (χ0) is 20.5. The van der Waals surface area contributed by atoms with Crippen LogP contribution in [-0.4, -0.2) is 33.9 Å². The average molecular weight is 411 g/mol. The van der Waals surface area contributed by atoms with Gasteiger partial charge in [-0.25, -0.2) is 4.98 Å². The third kappa shape index (κ3) is 3.34. The molecule has 2 aromatic carbocycles. The molecule has 0 fully saturated rings. The fraction of sp³-hybridized carbons (Fsp3) is 0.190. The number of hydrogen-bond donors (Lipinski definition) is 0. The number of aryl methyl sites for hydroxylation is 1. The van der Waals surface area contributed by atoms with Crippen molar-refractivity contribution < 1.29 is 14.0 Å². The number of para-hydroxylation sites is 1. The quantitative estimate of drug-likeness (QED) is 0.467. The topological polar surface area (TPSA) is 75.2 Å². The van der Waals surface area contributed by atoms with Crippen LogP contribution < -0.4 is 9.47 Å². The molecule has 8 heteroatoms. The van der Waals surface area contributed by atoms with Crippen LogP contribution in [0.5, 0.6) is 11.5 Å². The smallest absolute Gasteiger partial charge is 0.278 e. The number of nitrogens with zero attached hydrogens (tertiary/aromatic N) is 4. The highest BCUT2D eigenvalue weighted by Crippen LogP contribution is 2.34. The molecule has 0 unspecified atom stereocenters. The maximum atomic E-state index is 6.38. The van der Waals surface area contributed by atoms with E-state index in [9.17, 15) is 0 Å². The average Bonchev–Trinajstić information content (AvgIpc) is 3.33. The number of benzene rings is 2. The fourth-order valence-electron chi connectivity index (χ4n) is 3.25. The van der Waals surface area contributed by atoms with E-state index in [4.69, 9.17) is 25.6 Å². The van der Waals surface area contributed by atoms with E-state index in [1.807, 2.05) is 48.7 Å². The molecule has 29 heavy (non-hydrogen) atoms. The number of ether oxygens (including phenoxy) is 2. The van der Waals surface area contributed by atoms with E-state index in [1.165, 1.54) is 0 Å². The second-order valence-corrected chi connectivity index (χ2v) is 6.78. The lowest BCUT2D eigenvalue weighted by molar-refractivity contribution is 0.403. The van der Waals surface area contributed by atoms with E-state index in [1.54, 1.807) is 26.4 Å². The van der Waals surface area contributed by atoms with Crippen molar-refractivity contribution in [1.82, 2.24) is 19.7 Å². The highest BCUT2D eigenvalue weighted by atomic mass is 35.5. The molecule has 0 aliphatic carbocycles. The van der Waals surface area contributed by atoms with Crippen LogP contribution in [0.4, 0.5) is 0 Å². The van der Waals surface area contributed by atoms with E-state index in [2.05, 4.69) is 15.1 Å². The molecule has 0 saturated heterocycles. The minimum atomic E-state index is 0.316. The van der Waals surface area contributed by atoms with Gasteiger partial charge in [0.1, 0.15) is 23.0 Å². The molecule has 0 bridgehead atoms. The van der Waals surface area contributed by atoms with E-state index >= 15 is 0 Å². The Morgan fingerprint density at radius 3 is 2.52 bits per heavy atom. The summed E-state index contributed by atoms with van der Waals surface area (Å²) in [6.07, 6.45) is 0. The molecule has 7 nitrogen and oxygen atoms in total. The van der Waals surface area contributed by atoms with Gasteiger partial charge in [0.05, 0.1) is 36.2 Å². The molecule has 4 aromatic rings. The Kier molecular flexibility index (Phi) is 4.98. The molecule has 4 rings (SSSR count). The van der Waals surface area contributed by atoms with Gasteiger partial charge in [-0.05, 0) is 44.2 Å². The van der Waals surface area contributed by atoms with E-state index in [0.29, 0.717) is 39.5 Å². The Bertz CT molecular complexity index is 1180. The lowest BCUT2D eigenvalue weighted by Gasteiger charge is -2.09. The number of imidazole rings is 1. The van der Waals surface area contributed by atoms with Crippen LogP contribution in [0, 0.1) is 13.8 Å². The number of rotatable bonds is 5. The van der Waals surface area contributed by atoms with E-state index in [-0.39, 0.29) is 0 Å². The lowest BCUT2D eigenvalue weighted by Crippen LogP contribution is -2.00. The summed E-state index contributed by atoms with van der Waals surface area (Å²) in [5.74, 6) is 2.76. The summed E-state index contributed by atoms with van der Waals surface area (Å²) in [5.41, 5.74) is 2.96. The first-order valence-electron chi connectivity index (χ1n) is 8.90. The van der Waals surface area contributed by atoms with Crippen LogP contribution in [0.2, 0.25) is 5.02 Å². The van der Waals surface area contributed by atoms with Gasteiger partial charge in [0.2, 0.25) is 5.82 Å². The van der Waals surface area contributed by atoms with Crippen molar-refractivity contribution in [2.75, 3.05) is 14.2 Å². The first kappa shape index (κ1) is 19.0. The Balaban J connectivity index is 1.79. The lowest BCUT2D eigenvalue weighted by atomic mass is 10.2. The van der Waals surface area contributed by atoms with Gasteiger partial charge in [0, 0.05) is 0 Å². The third-order valence-electron chi connectivity index (χ3n) is 4.64. The van der Waals surface area contributed by atoms with Crippen LogP contribution in [0.25, 0.3) is 28.7 Å². The molecule has 0 radical (unpaired) electrons. The second-order valence-electron chi connectivity index (χ2n) is 6.37. The van der Waals surface area contributed by atoms with Crippen LogP contribution in [0.1, 0.15) is 11.5 Å². The molecule has 0 aliphatic heterocycles. The highest BCUT2D eigenvalue weighted by Gasteiger charge is 2.22. The SMILES string of the molecule is COc1ccc(OC)c(-c2noc(-c3nc(C)n(-c4ccccc4Cl)c3C)n2)c1. The first-order chi connectivity index (χ1) is 14.0. The molecule has 0 saturated carbocycles. The molecule has 148 valence electrons. The van der Waals surface area contributed by atoms with Gasteiger partial charge in [0.25, 0.3) is 5.89 Å². The third-order valence-corrected chi connectivity index (χ3v) is 4.96. The van der Waals surface area contributed by atoms with Crippen molar-refractivity contribution in [2.45, 2.75) is 13.8 Å². The van der Waals surface area contributed by atoms with Gasteiger partial charge in [-0.3, -0.25) is 4.57 Å². The van der Waals surface area contributed by atoms with Crippen molar-refractivity contribution in [1.29, 1.82) is 0 Å². The van der Waals surface area contributed by atoms with Crippen LogP contribution in [0.15, 0.2) is 47.0 Å². The maximum Gasteiger partial charge on any atom is 0.278 e. The van der Waals surface area contributed by atoms with Gasteiger partial charge in [-0.1, -0.05) is 28.9 Å². The monoisotopic (exact) mass is 410 g/mol.